The first-order valence-corrected chi connectivity index (χ1v) is 4.18. The molecule has 4 N–H and O–H groups in total. The maximum absolute atomic E-state index is 10.7. The third-order valence-electron chi connectivity index (χ3n) is 1.89. The number of carboxylic acids is 1. The highest BCUT2D eigenvalue weighted by molar-refractivity contribution is 5.92. The van der Waals surface area contributed by atoms with E-state index < -0.39 is 5.97 Å². The van der Waals surface area contributed by atoms with Crippen LogP contribution in [0, 0.1) is 0 Å². The molecule has 15 heavy (non-hydrogen) atoms. The minimum atomic E-state index is -1.13. The molecule has 0 aromatic carbocycles. The number of aromatic nitrogens is 3. The summed E-state index contributed by atoms with van der Waals surface area (Å²) >= 11 is 0. The highest BCUT2D eigenvalue weighted by Gasteiger charge is 2.11. The molecular weight excluding hydrogens is 196 g/mol. The standard InChI is InChI=1S/C9H8N4O2/c10-7-5(9(14)15)4-12-8(13-7)6-2-1-3-11-6/h1-4,11H,(H,14,15)(H2,10,12,13). The Morgan fingerprint density at radius 3 is 2.87 bits per heavy atom. The van der Waals surface area contributed by atoms with Crippen molar-refractivity contribution in [3.8, 4) is 11.5 Å². The Hall–Kier alpha value is -2.37. The van der Waals surface area contributed by atoms with Crippen molar-refractivity contribution in [1.82, 2.24) is 15.0 Å². The summed E-state index contributed by atoms with van der Waals surface area (Å²) in [5.74, 6) is -0.796. The van der Waals surface area contributed by atoms with Gasteiger partial charge in [-0.1, -0.05) is 0 Å². The van der Waals surface area contributed by atoms with Crippen molar-refractivity contribution in [2.75, 3.05) is 5.73 Å². The van der Waals surface area contributed by atoms with Crippen LogP contribution < -0.4 is 5.73 Å². The summed E-state index contributed by atoms with van der Waals surface area (Å²) in [5.41, 5.74) is 6.08. The van der Waals surface area contributed by atoms with E-state index in [2.05, 4.69) is 15.0 Å². The zero-order chi connectivity index (χ0) is 10.8. The molecule has 2 rings (SSSR count). The lowest BCUT2D eigenvalue weighted by Gasteiger charge is -2.01. The van der Waals surface area contributed by atoms with E-state index in [4.69, 9.17) is 10.8 Å². The number of rotatable bonds is 2. The van der Waals surface area contributed by atoms with Crippen LogP contribution in [0.25, 0.3) is 11.5 Å². The number of nitrogens with zero attached hydrogens (tertiary/aromatic N) is 2. The fourth-order valence-electron chi connectivity index (χ4n) is 1.16. The van der Waals surface area contributed by atoms with E-state index in [0.29, 0.717) is 11.5 Å². The van der Waals surface area contributed by atoms with Crippen molar-refractivity contribution >= 4 is 11.8 Å². The Morgan fingerprint density at radius 1 is 1.53 bits per heavy atom. The van der Waals surface area contributed by atoms with Crippen LogP contribution in [0.1, 0.15) is 10.4 Å². The van der Waals surface area contributed by atoms with E-state index in [-0.39, 0.29) is 11.4 Å². The quantitative estimate of drug-likeness (QED) is 0.669. The lowest BCUT2D eigenvalue weighted by atomic mass is 10.3. The molecule has 2 aromatic heterocycles. The van der Waals surface area contributed by atoms with Gasteiger partial charge in [-0.3, -0.25) is 0 Å². The minimum absolute atomic E-state index is 0.0397. The zero-order valence-electron chi connectivity index (χ0n) is 7.64. The van der Waals surface area contributed by atoms with Gasteiger partial charge in [-0.2, -0.15) is 0 Å². The number of carbonyl (C=O) groups is 1. The fraction of sp³-hybridized carbons (Fsp3) is 0. The zero-order valence-corrected chi connectivity index (χ0v) is 7.64. The van der Waals surface area contributed by atoms with Crippen molar-refractivity contribution < 1.29 is 9.90 Å². The van der Waals surface area contributed by atoms with Crippen LogP contribution in [0.15, 0.2) is 24.5 Å². The van der Waals surface area contributed by atoms with Crippen molar-refractivity contribution in [2.45, 2.75) is 0 Å². The van der Waals surface area contributed by atoms with Crippen molar-refractivity contribution in [3.05, 3.63) is 30.1 Å². The molecule has 0 amide bonds. The number of hydrogen-bond donors (Lipinski definition) is 3. The largest absolute Gasteiger partial charge is 0.477 e. The molecule has 0 saturated carbocycles. The Balaban J connectivity index is 2.47. The number of hydrogen-bond acceptors (Lipinski definition) is 4. The van der Waals surface area contributed by atoms with Crippen LogP contribution in [0.2, 0.25) is 0 Å². The first kappa shape index (κ1) is 9.20. The van der Waals surface area contributed by atoms with Crippen LogP contribution in [-0.4, -0.2) is 26.0 Å². The number of nitrogens with one attached hydrogen (secondary N) is 1. The van der Waals surface area contributed by atoms with E-state index in [1.807, 2.05) is 0 Å². The smallest absolute Gasteiger partial charge is 0.341 e. The number of nitrogens with two attached hydrogens (primary N) is 1. The van der Waals surface area contributed by atoms with Gasteiger partial charge in [0.15, 0.2) is 5.82 Å². The third kappa shape index (κ3) is 1.64. The highest BCUT2D eigenvalue weighted by atomic mass is 16.4. The lowest BCUT2D eigenvalue weighted by Crippen LogP contribution is -2.06. The van der Waals surface area contributed by atoms with E-state index in [9.17, 15) is 4.79 Å². The van der Waals surface area contributed by atoms with Gasteiger partial charge < -0.3 is 15.8 Å². The van der Waals surface area contributed by atoms with Gasteiger partial charge in [-0.05, 0) is 12.1 Å². The van der Waals surface area contributed by atoms with Crippen LogP contribution in [0.4, 0.5) is 5.82 Å². The van der Waals surface area contributed by atoms with Gasteiger partial charge in [0.2, 0.25) is 0 Å². The fourth-order valence-corrected chi connectivity index (χ4v) is 1.16. The van der Waals surface area contributed by atoms with Crippen LogP contribution in [0.3, 0.4) is 0 Å². The monoisotopic (exact) mass is 204 g/mol. The van der Waals surface area contributed by atoms with Gasteiger partial charge in [-0.15, -0.1) is 0 Å². The third-order valence-corrected chi connectivity index (χ3v) is 1.89. The van der Waals surface area contributed by atoms with Gasteiger partial charge >= 0.3 is 5.97 Å². The molecular formula is C9H8N4O2. The summed E-state index contributed by atoms with van der Waals surface area (Å²) in [6, 6.07) is 3.56. The van der Waals surface area contributed by atoms with Gasteiger partial charge in [0.1, 0.15) is 11.4 Å². The Morgan fingerprint density at radius 2 is 2.33 bits per heavy atom. The second-order valence-electron chi connectivity index (χ2n) is 2.88. The maximum Gasteiger partial charge on any atom is 0.341 e. The summed E-state index contributed by atoms with van der Waals surface area (Å²) < 4.78 is 0. The second-order valence-corrected chi connectivity index (χ2v) is 2.88. The van der Waals surface area contributed by atoms with E-state index in [1.165, 1.54) is 6.20 Å². The van der Waals surface area contributed by atoms with Gasteiger partial charge in [-0.25, -0.2) is 14.8 Å². The van der Waals surface area contributed by atoms with Crippen LogP contribution >= 0.6 is 0 Å². The molecule has 0 saturated heterocycles. The SMILES string of the molecule is Nc1nc(-c2ccc[nH]2)ncc1C(=O)O. The molecule has 6 heteroatoms. The number of aromatic carboxylic acids is 1. The van der Waals surface area contributed by atoms with Gasteiger partial charge in [0.05, 0.1) is 5.69 Å². The molecule has 0 spiro atoms. The first-order chi connectivity index (χ1) is 7.18. The van der Waals surface area contributed by atoms with Gasteiger partial charge in [0.25, 0.3) is 0 Å². The molecule has 0 atom stereocenters. The molecule has 0 bridgehead atoms. The normalized spacial score (nSPS) is 10.1. The minimum Gasteiger partial charge on any atom is -0.477 e. The predicted molar refractivity (Wildman–Crippen MR) is 53.2 cm³/mol. The number of H-pyrrole nitrogens is 1. The van der Waals surface area contributed by atoms with E-state index >= 15 is 0 Å². The van der Waals surface area contributed by atoms with Crippen LogP contribution in [-0.2, 0) is 0 Å². The summed E-state index contributed by atoms with van der Waals surface area (Å²) in [6.45, 7) is 0. The second kappa shape index (κ2) is 3.41. The maximum atomic E-state index is 10.7. The molecule has 2 heterocycles. The summed E-state index contributed by atoms with van der Waals surface area (Å²) in [6.07, 6.45) is 2.92. The van der Waals surface area contributed by atoms with Gasteiger partial charge in [0, 0.05) is 12.4 Å². The number of aromatic amines is 1. The summed E-state index contributed by atoms with van der Waals surface area (Å²) in [7, 11) is 0. The molecule has 0 aliphatic carbocycles. The molecule has 0 radical (unpaired) electrons. The summed E-state index contributed by atoms with van der Waals surface area (Å²) in [5, 5.41) is 8.72. The summed E-state index contributed by atoms with van der Waals surface area (Å²) in [4.78, 5) is 21.3. The highest BCUT2D eigenvalue weighted by Crippen LogP contribution is 2.15. The lowest BCUT2D eigenvalue weighted by molar-refractivity contribution is 0.0697. The first-order valence-electron chi connectivity index (χ1n) is 4.18. The van der Waals surface area contributed by atoms with Crippen molar-refractivity contribution in [2.24, 2.45) is 0 Å². The predicted octanol–water partition coefficient (Wildman–Crippen LogP) is 0.752. The average Bonchev–Trinajstić information content (AvgIpc) is 2.69. The topological polar surface area (TPSA) is 105 Å². The molecule has 2 aromatic rings. The number of anilines is 1. The Kier molecular flexibility index (Phi) is 2.09. The number of nitrogen functional groups attached to an aromatic ring is 1. The Labute approximate surface area is 84.8 Å². The van der Waals surface area contributed by atoms with Crippen molar-refractivity contribution in [3.63, 3.8) is 0 Å². The molecule has 0 aliphatic heterocycles. The van der Waals surface area contributed by atoms with Crippen LogP contribution in [0.5, 0.6) is 0 Å². The molecule has 0 aliphatic rings. The molecule has 0 fully saturated rings. The molecule has 76 valence electrons. The molecule has 6 nitrogen and oxygen atoms in total. The van der Waals surface area contributed by atoms with E-state index in [1.54, 1.807) is 18.3 Å². The number of carboxylic acid groups (broad SMARTS) is 1. The Bertz CT molecular complexity index is 493. The van der Waals surface area contributed by atoms with E-state index in [0.717, 1.165) is 0 Å². The van der Waals surface area contributed by atoms with Crippen molar-refractivity contribution in [1.29, 1.82) is 0 Å². The molecule has 0 unspecified atom stereocenters. The average molecular weight is 204 g/mol.